The van der Waals surface area contributed by atoms with E-state index in [0.717, 1.165) is 17.4 Å². The number of pyridine rings is 1. The van der Waals surface area contributed by atoms with Crippen molar-refractivity contribution in [1.82, 2.24) is 4.98 Å². The predicted molar refractivity (Wildman–Crippen MR) is 60.1 cm³/mol. The Morgan fingerprint density at radius 1 is 1.13 bits per heavy atom. The average Bonchev–Trinajstić information content (AvgIpc) is 2.30. The fourth-order valence-corrected chi connectivity index (χ4v) is 1.57. The second-order valence-electron chi connectivity index (χ2n) is 3.07. The number of nitrogens with zero attached hydrogens (tertiary/aromatic N) is 1. The number of aromatic nitrogens is 1. The Morgan fingerprint density at radius 2 is 1.93 bits per heavy atom. The highest BCUT2D eigenvalue weighted by Gasteiger charge is 2.02. The van der Waals surface area contributed by atoms with Crippen molar-refractivity contribution in [2.75, 3.05) is 0 Å². The van der Waals surface area contributed by atoms with Crippen molar-refractivity contribution in [3.8, 4) is 11.1 Å². The number of hydrogen-bond donors (Lipinski definition) is 0. The third kappa shape index (κ3) is 2.05. The number of aldehydes is 1. The molecular weight excluding hydrogens is 210 g/mol. The highest BCUT2D eigenvalue weighted by molar-refractivity contribution is 6.33. The molecule has 15 heavy (non-hydrogen) atoms. The molecule has 0 aliphatic rings. The lowest BCUT2D eigenvalue weighted by atomic mass is 10.1. The maximum atomic E-state index is 10.4. The number of hydrogen-bond acceptors (Lipinski definition) is 2. The minimum Gasteiger partial charge on any atom is -0.296 e. The van der Waals surface area contributed by atoms with Crippen molar-refractivity contribution in [3.63, 3.8) is 0 Å². The molecule has 0 bridgehead atoms. The monoisotopic (exact) mass is 217 g/mol. The van der Waals surface area contributed by atoms with Crippen LogP contribution in [0.5, 0.6) is 0 Å². The van der Waals surface area contributed by atoms with Crippen LogP contribution in [0, 0.1) is 0 Å². The molecular formula is C12H8ClNO. The molecule has 0 fully saturated rings. The lowest BCUT2D eigenvalue weighted by Crippen LogP contribution is -1.86. The van der Waals surface area contributed by atoms with Crippen LogP contribution in [0.3, 0.4) is 0 Å². The first-order valence-corrected chi connectivity index (χ1v) is 4.85. The van der Waals surface area contributed by atoms with Crippen LogP contribution in [0.4, 0.5) is 0 Å². The van der Waals surface area contributed by atoms with E-state index >= 15 is 0 Å². The molecule has 0 aliphatic heterocycles. The van der Waals surface area contributed by atoms with Gasteiger partial charge in [-0.15, -0.1) is 0 Å². The molecule has 0 atom stereocenters. The van der Waals surface area contributed by atoms with E-state index in [9.17, 15) is 4.79 Å². The zero-order valence-corrected chi connectivity index (χ0v) is 8.61. The zero-order chi connectivity index (χ0) is 10.7. The molecule has 0 saturated carbocycles. The Balaban J connectivity index is 2.46. The third-order valence-electron chi connectivity index (χ3n) is 2.09. The number of halogens is 1. The Kier molecular flexibility index (Phi) is 2.79. The summed E-state index contributed by atoms with van der Waals surface area (Å²) in [4.78, 5) is 14.4. The number of carbonyl (C=O) groups is 1. The molecule has 0 radical (unpaired) electrons. The van der Waals surface area contributed by atoms with Gasteiger partial charge < -0.3 is 0 Å². The molecule has 1 aromatic heterocycles. The summed E-state index contributed by atoms with van der Waals surface area (Å²) in [5.41, 5.74) is 2.25. The van der Waals surface area contributed by atoms with Crippen molar-refractivity contribution in [2.24, 2.45) is 0 Å². The van der Waals surface area contributed by atoms with E-state index in [4.69, 9.17) is 11.6 Å². The second kappa shape index (κ2) is 4.24. The molecule has 0 amide bonds. The summed E-state index contributed by atoms with van der Waals surface area (Å²) >= 11 is 6.04. The smallest absolute Gasteiger partial charge is 0.168 e. The van der Waals surface area contributed by atoms with Crippen LogP contribution in [0.15, 0.2) is 42.6 Å². The van der Waals surface area contributed by atoms with Crippen molar-refractivity contribution in [3.05, 3.63) is 53.3 Å². The van der Waals surface area contributed by atoms with Gasteiger partial charge in [0.25, 0.3) is 0 Å². The molecule has 2 aromatic rings. The maximum Gasteiger partial charge on any atom is 0.168 e. The van der Waals surface area contributed by atoms with Gasteiger partial charge in [-0.2, -0.15) is 0 Å². The van der Waals surface area contributed by atoms with Gasteiger partial charge in [0.15, 0.2) is 6.29 Å². The molecule has 3 heteroatoms. The van der Waals surface area contributed by atoms with E-state index < -0.39 is 0 Å². The van der Waals surface area contributed by atoms with Crippen LogP contribution >= 0.6 is 11.6 Å². The van der Waals surface area contributed by atoms with Gasteiger partial charge in [-0.3, -0.25) is 9.78 Å². The molecule has 1 aromatic carbocycles. The van der Waals surface area contributed by atoms with Crippen LogP contribution in [-0.2, 0) is 0 Å². The third-order valence-corrected chi connectivity index (χ3v) is 2.42. The summed E-state index contributed by atoms with van der Waals surface area (Å²) in [6.07, 6.45) is 2.36. The zero-order valence-electron chi connectivity index (χ0n) is 7.85. The molecule has 0 saturated heterocycles. The Labute approximate surface area is 92.5 Å². The highest BCUT2D eigenvalue weighted by Crippen LogP contribution is 2.26. The molecule has 0 unspecified atom stereocenters. The lowest BCUT2D eigenvalue weighted by Gasteiger charge is -2.03. The van der Waals surface area contributed by atoms with E-state index in [0.29, 0.717) is 10.7 Å². The first-order chi connectivity index (χ1) is 7.31. The van der Waals surface area contributed by atoms with Crippen LogP contribution in [-0.4, -0.2) is 11.3 Å². The number of benzene rings is 1. The van der Waals surface area contributed by atoms with Gasteiger partial charge in [0.05, 0.1) is 0 Å². The molecule has 0 aliphatic carbocycles. The van der Waals surface area contributed by atoms with Crippen molar-refractivity contribution >= 4 is 17.9 Å². The first-order valence-electron chi connectivity index (χ1n) is 4.47. The van der Waals surface area contributed by atoms with Gasteiger partial charge in [0.1, 0.15) is 5.69 Å². The SMILES string of the molecule is O=Cc1ccc(-c2ccccc2Cl)cn1. The van der Waals surface area contributed by atoms with Gasteiger partial charge in [0, 0.05) is 22.3 Å². The van der Waals surface area contributed by atoms with E-state index in [1.54, 1.807) is 12.3 Å². The first kappa shape index (κ1) is 9.87. The Morgan fingerprint density at radius 3 is 2.53 bits per heavy atom. The van der Waals surface area contributed by atoms with Crippen LogP contribution in [0.25, 0.3) is 11.1 Å². The maximum absolute atomic E-state index is 10.4. The summed E-state index contributed by atoms with van der Waals surface area (Å²) < 4.78 is 0. The van der Waals surface area contributed by atoms with Crippen LogP contribution in [0.1, 0.15) is 10.5 Å². The standard InChI is InChI=1S/C12H8ClNO/c13-12-4-2-1-3-11(12)9-5-6-10(8-15)14-7-9/h1-8H. The topological polar surface area (TPSA) is 30.0 Å². The largest absolute Gasteiger partial charge is 0.296 e. The van der Waals surface area contributed by atoms with E-state index in [1.807, 2.05) is 30.3 Å². The van der Waals surface area contributed by atoms with E-state index in [-0.39, 0.29) is 0 Å². The van der Waals surface area contributed by atoms with Crippen molar-refractivity contribution < 1.29 is 4.79 Å². The normalized spacial score (nSPS) is 9.93. The van der Waals surface area contributed by atoms with Crippen molar-refractivity contribution in [2.45, 2.75) is 0 Å². The van der Waals surface area contributed by atoms with Gasteiger partial charge in [-0.1, -0.05) is 35.9 Å². The second-order valence-corrected chi connectivity index (χ2v) is 3.48. The van der Waals surface area contributed by atoms with Crippen LogP contribution < -0.4 is 0 Å². The predicted octanol–water partition coefficient (Wildman–Crippen LogP) is 3.21. The Hall–Kier alpha value is -1.67. The van der Waals surface area contributed by atoms with E-state index in [1.165, 1.54) is 0 Å². The molecule has 2 rings (SSSR count). The summed E-state index contributed by atoms with van der Waals surface area (Å²) in [7, 11) is 0. The summed E-state index contributed by atoms with van der Waals surface area (Å²) in [6, 6.07) is 11.0. The molecule has 0 N–H and O–H groups in total. The van der Waals surface area contributed by atoms with Gasteiger partial charge in [-0.25, -0.2) is 0 Å². The molecule has 2 nitrogen and oxygen atoms in total. The molecule has 0 spiro atoms. The highest BCUT2D eigenvalue weighted by atomic mass is 35.5. The lowest BCUT2D eigenvalue weighted by molar-refractivity contribution is 0.111. The van der Waals surface area contributed by atoms with Crippen LogP contribution in [0.2, 0.25) is 5.02 Å². The molecule has 74 valence electrons. The number of carbonyl (C=O) groups excluding carboxylic acids is 1. The summed E-state index contributed by atoms with van der Waals surface area (Å²) in [5.74, 6) is 0. The summed E-state index contributed by atoms with van der Waals surface area (Å²) in [5, 5.41) is 0.679. The van der Waals surface area contributed by atoms with Gasteiger partial charge >= 0.3 is 0 Å². The van der Waals surface area contributed by atoms with Crippen molar-refractivity contribution in [1.29, 1.82) is 0 Å². The fourth-order valence-electron chi connectivity index (χ4n) is 1.33. The van der Waals surface area contributed by atoms with Gasteiger partial charge in [0.2, 0.25) is 0 Å². The quantitative estimate of drug-likeness (QED) is 0.723. The minimum absolute atomic E-state index is 0.422. The van der Waals surface area contributed by atoms with E-state index in [2.05, 4.69) is 4.98 Å². The minimum atomic E-state index is 0.422. The Bertz CT molecular complexity index is 479. The molecule has 1 heterocycles. The average molecular weight is 218 g/mol. The fraction of sp³-hybridized carbons (Fsp3) is 0. The number of rotatable bonds is 2. The van der Waals surface area contributed by atoms with Gasteiger partial charge in [-0.05, 0) is 12.1 Å². The summed E-state index contributed by atoms with van der Waals surface area (Å²) in [6.45, 7) is 0.